The first-order valence-electron chi connectivity index (χ1n) is 7.36. The number of hydrogen-bond acceptors (Lipinski definition) is 4. The lowest BCUT2D eigenvalue weighted by Gasteiger charge is -2.30. The Morgan fingerprint density at radius 1 is 1.08 bits per heavy atom. The highest BCUT2D eigenvalue weighted by molar-refractivity contribution is 7.92. The zero-order chi connectivity index (χ0) is 17.2. The molecule has 0 aliphatic carbocycles. The van der Waals surface area contributed by atoms with Gasteiger partial charge >= 0.3 is 0 Å². The molecule has 3 rings (SSSR count). The molecule has 0 aromatic heterocycles. The fourth-order valence-corrected chi connectivity index (χ4v) is 3.68. The van der Waals surface area contributed by atoms with E-state index in [0.717, 1.165) is 0 Å². The molecule has 128 valence electrons. The molecule has 1 aliphatic heterocycles. The zero-order valence-electron chi connectivity index (χ0n) is 12.7. The summed E-state index contributed by atoms with van der Waals surface area (Å²) in [5, 5.41) is 0.439. The fourth-order valence-electron chi connectivity index (χ4n) is 2.49. The molecule has 0 atom stereocenters. The fraction of sp³-hybridized carbons (Fsp3) is 0.250. The molecule has 0 amide bonds. The van der Waals surface area contributed by atoms with Gasteiger partial charge in [-0.15, -0.1) is 0 Å². The highest BCUT2D eigenvalue weighted by Crippen LogP contribution is 2.30. The largest absolute Gasteiger partial charge is 0.378 e. The van der Waals surface area contributed by atoms with Gasteiger partial charge in [0, 0.05) is 24.2 Å². The molecule has 1 aliphatic rings. The summed E-state index contributed by atoms with van der Waals surface area (Å²) in [6.07, 6.45) is 0. The van der Waals surface area contributed by atoms with Gasteiger partial charge in [-0.3, -0.25) is 4.72 Å². The molecule has 1 saturated heterocycles. The van der Waals surface area contributed by atoms with Crippen LogP contribution in [0.5, 0.6) is 0 Å². The summed E-state index contributed by atoms with van der Waals surface area (Å²) in [7, 11) is -3.84. The number of halogens is 2. The molecule has 0 saturated carbocycles. The van der Waals surface area contributed by atoms with Crippen molar-refractivity contribution in [2.75, 3.05) is 35.9 Å². The normalized spacial score (nSPS) is 15.3. The molecular weight excluding hydrogens is 355 g/mol. The minimum absolute atomic E-state index is 0.0593. The van der Waals surface area contributed by atoms with Gasteiger partial charge in [-0.2, -0.15) is 0 Å². The lowest BCUT2D eigenvalue weighted by molar-refractivity contribution is 0.123. The van der Waals surface area contributed by atoms with E-state index in [1.165, 1.54) is 36.4 Å². The monoisotopic (exact) mass is 370 g/mol. The highest BCUT2D eigenvalue weighted by atomic mass is 35.5. The number of nitrogens with one attached hydrogen (secondary N) is 1. The van der Waals surface area contributed by atoms with E-state index in [4.69, 9.17) is 16.3 Å². The molecule has 2 aromatic carbocycles. The Hall–Kier alpha value is -1.83. The Kier molecular flexibility index (Phi) is 4.93. The average molecular weight is 371 g/mol. The number of nitrogens with zero attached hydrogens (tertiary/aromatic N) is 1. The summed E-state index contributed by atoms with van der Waals surface area (Å²) >= 11 is 5.79. The second-order valence-electron chi connectivity index (χ2n) is 5.32. The number of rotatable bonds is 4. The standard InChI is InChI=1S/C16H16ClFN2O3S/c17-12-1-4-14(5-2-12)24(21,22)19-15-11-13(18)3-6-16(15)20-7-9-23-10-8-20/h1-6,11,19H,7-10H2. The van der Waals surface area contributed by atoms with Gasteiger partial charge in [0.25, 0.3) is 10.0 Å². The topological polar surface area (TPSA) is 58.6 Å². The van der Waals surface area contributed by atoms with E-state index in [0.29, 0.717) is 37.0 Å². The van der Waals surface area contributed by atoms with Gasteiger partial charge in [0.1, 0.15) is 5.82 Å². The first-order valence-corrected chi connectivity index (χ1v) is 9.22. The third-order valence-corrected chi connectivity index (χ3v) is 5.31. The summed E-state index contributed by atoms with van der Waals surface area (Å²) in [6, 6.07) is 9.84. The maximum atomic E-state index is 13.6. The Morgan fingerprint density at radius 2 is 1.75 bits per heavy atom. The third-order valence-electron chi connectivity index (χ3n) is 3.68. The van der Waals surface area contributed by atoms with E-state index >= 15 is 0 Å². The van der Waals surface area contributed by atoms with Crippen LogP contribution < -0.4 is 9.62 Å². The van der Waals surface area contributed by atoms with Crippen LogP contribution in [0.4, 0.5) is 15.8 Å². The Morgan fingerprint density at radius 3 is 2.42 bits per heavy atom. The zero-order valence-corrected chi connectivity index (χ0v) is 14.3. The van der Waals surface area contributed by atoms with Crippen LogP contribution >= 0.6 is 11.6 Å². The summed E-state index contributed by atoms with van der Waals surface area (Å²) in [5.41, 5.74) is 0.823. The van der Waals surface area contributed by atoms with E-state index in [-0.39, 0.29) is 10.6 Å². The van der Waals surface area contributed by atoms with Crippen LogP contribution in [0.2, 0.25) is 5.02 Å². The molecule has 0 bridgehead atoms. The van der Waals surface area contributed by atoms with E-state index in [2.05, 4.69) is 4.72 Å². The van der Waals surface area contributed by atoms with Crippen LogP contribution in [-0.2, 0) is 14.8 Å². The first kappa shape index (κ1) is 17.0. The van der Waals surface area contributed by atoms with Crippen molar-refractivity contribution < 1.29 is 17.5 Å². The lowest BCUT2D eigenvalue weighted by atomic mass is 10.2. The predicted octanol–water partition coefficient (Wildman–Crippen LogP) is 3.12. The van der Waals surface area contributed by atoms with Crippen molar-refractivity contribution in [3.05, 3.63) is 53.3 Å². The smallest absolute Gasteiger partial charge is 0.261 e. The molecule has 0 spiro atoms. The molecule has 1 N–H and O–H groups in total. The van der Waals surface area contributed by atoms with Gasteiger partial charge in [0.2, 0.25) is 0 Å². The van der Waals surface area contributed by atoms with Crippen molar-refractivity contribution in [3.8, 4) is 0 Å². The van der Waals surface area contributed by atoms with Crippen molar-refractivity contribution in [1.82, 2.24) is 0 Å². The van der Waals surface area contributed by atoms with Gasteiger partial charge in [-0.25, -0.2) is 12.8 Å². The summed E-state index contributed by atoms with van der Waals surface area (Å²) in [4.78, 5) is 2.02. The van der Waals surface area contributed by atoms with Gasteiger partial charge in [-0.1, -0.05) is 11.6 Å². The van der Waals surface area contributed by atoms with Crippen molar-refractivity contribution in [2.24, 2.45) is 0 Å². The SMILES string of the molecule is O=S(=O)(Nc1cc(F)ccc1N1CCOCC1)c1ccc(Cl)cc1. The van der Waals surface area contributed by atoms with E-state index in [1.54, 1.807) is 6.07 Å². The van der Waals surface area contributed by atoms with E-state index in [9.17, 15) is 12.8 Å². The number of benzene rings is 2. The Labute approximate surface area is 145 Å². The Balaban J connectivity index is 1.93. The molecular formula is C16H16ClFN2O3S. The first-order chi connectivity index (χ1) is 11.5. The second-order valence-corrected chi connectivity index (χ2v) is 7.44. The maximum Gasteiger partial charge on any atom is 0.261 e. The minimum atomic E-state index is -3.84. The van der Waals surface area contributed by atoms with Crippen LogP contribution in [0.25, 0.3) is 0 Å². The van der Waals surface area contributed by atoms with Crippen molar-refractivity contribution >= 4 is 33.0 Å². The molecule has 1 fully saturated rings. The molecule has 5 nitrogen and oxygen atoms in total. The van der Waals surface area contributed by atoms with Crippen LogP contribution in [0, 0.1) is 5.82 Å². The molecule has 8 heteroatoms. The maximum absolute atomic E-state index is 13.6. The van der Waals surface area contributed by atoms with E-state index in [1.807, 2.05) is 4.90 Å². The van der Waals surface area contributed by atoms with Gasteiger partial charge in [-0.05, 0) is 36.4 Å². The van der Waals surface area contributed by atoms with Crippen LogP contribution in [-0.4, -0.2) is 34.7 Å². The molecule has 0 unspecified atom stereocenters. The van der Waals surface area contributed by atoms with Crippen LogP contribution in [0.15, 0.2) is 47.4 Å². The van der Waals surface area contributed by atoms with Crippen LogP contribution in [0.1, 0.15) is 0 Å². The third kappa shape index (κ3) is 3.80. The predicted molar refractivity (Wildman–Crippen MR) is 91.7 cm³/mol. The minimum Gasteiger partial charge on any atom is -0.378 e. The number of sulfonamides is 1. The molecule has 2 aromatic rings. The highest BCUT2D eigenvalue weighted by Gasteiger charge is 2.20. The van der Waals surface area contributed by atoms with Gasteiger partial charge < -0.3 is 9.64 Å². The lowest BCUT2D eigenvalue weighted by Crippen LogP contribution is -2.36. The number of ether oxygens (including phenoxy) is 1. The van der Waals surface area contributed by atoms with Crippen molar-refractivity contribution in [2.45, 2.75) is 4.90 Å². The summed E-state index contributed by atoms with van der Waals surface area (Å²) in [6.45, 7) is 2.31. The van der Waals surface area contributed by atoms with Crippen molar-refractivity contribution in [1.29, 1.82) is 0 Å². The quantitative estimate of drug-likeness (QED) is 0.898. The number of hydrogen-bond donors (Lipinski definition) is 1. The molecule has 24 heavy (non-hydrogen) atoms. The second kappa shape index (κ2) is 6.96. The average Bonchev–Trinajstić information content (AvgIpc) is 2.56. The molecule has 1 heterocycles. The van der Waals surface area contributed by atoms with Crippen molar-refractivity contribution in [3.63, 3.8) is 0 Å². The van der Waals surface area contributed by atoms with Crippen LogP contribution in [0.3, 0.4) is 0 Å². The summed E-state index contributed by atoms with van der Waals surface area (Å²) in [5.74, 6) is -0.513. The Bertz CT molecular complexity index is 822. The summed E-state index contributed by atoms with van der Waals surface area (Å²) < 4.78 is 46.5. The number of morpholine rings is 1. The van der Waals surface area contributed by atoms with Gasteiger partial charge in [0.15, 0.2) is 0 Å². The van der Waals surface area contributed by atoms with E-state index < -0.39 is 15.8 Å². The number of anilines is 2. The van der Waals surface area contributed by atoms with Gasteiger partial charge in [0.05, 0.1) is 29.5 Å². The molecule has 0 radical (unpaired) electrons.